The number of esters is 2. The first-order chi connectivity index (χ1) is 22.7. The maximum absolute atomic E-state index is 12.1. The molecule has 272 valence electrons. The van der Waals surface area contributed by atoms with Gasteiger partial charge < -0.3 is 24.4 Å². The predicted octanol–water partition coefficient (Wildman–Crippen LogP) is 8.62. The van der Waals surface area contributed by atoms with Crippen molar-refractivity contribution in [2.24, 2.45) is 0 Å². The van der Waals surface area contributed by atoms with E-state index in [1.54, 1.807) is 6.08 Å². The number of rotatable bonds is 29. The first-order valence-electron chi connectivity index (χ1n) is 19.3. The molecule has 0 saturated carbocycles. The third-order valence-electron chi connectivity index (χ3n) is 9.76. The second-order valence-electron chi connectivity index (χ2n) is 14.2. The quantitative estimate of drug-likeness (QED) is 0.0603. The summed E-state index contributed by atoms with van der Waals surface area (Å²) in [6.07, 6.45) is 24.0. The highest BCUT2D eigenvalue weighted by atomic mass is 16.6. The normalized spacial score (nSPS) is 21.3. The van der Waals surface area contributed by atoms with Gasteiger partial charge in [-0.2, -0.15) is 0 Å². The van der Waals surface area contributed by atoms with Crippen molar-refractivity contribution in [1.29, 1.82) is 0 Å². The standard InChI is InChI=1S/C39H68O8/c1-4-5-6-7-8-9-10-14-17-20-23-35(43)36-26-27-37(47-36)38(46-31(3)40)29-34(42)22-19-16-13-11-12-15-18-21-33(41)25-24-32-28-30(2)45-39(32)44/h28,30,34-38,42-43H,4-27,29H2,1-3H3/t30-,34-,35+,36-,37+,38+/m1/s1. The van der Waals surface area contributed by atoms with Crippen molar-refractivity contribution in [3.8, 4) is 0 Å². The molecule has 0 aromatic rings. The topological polar surface area (TPSA) is 119 Å². The molecule has 47 heavy (non-hydrogen) atoms. The number of Topliss-reactive ketones (excluding diaryl/α,β-unsaturated/α-hetero) is 1. The van der Waals surface area contributed by atoms with Crippen LogP contribution >= 0.6 is 0 Å². The zero-order valence-corrected chi connectivity index (χ0v) is 30.1. The molecule has 2 aliphatic heterocycles. The Morgan fingerprint density at radius 1 is 0.809 bits per heavy atom. The highest BCUT2D eigenvalue weighted by Gasteiger charge is 2.37. The van der Waals surface area contributed by atoms with Gasteiger partial charge in [0.1, 0.15) is 18.0 Å². The molecule has 2 heterocycles. The van der Waals surface area contributed by atoms with Crippen molar-refractivity contribution >= 4 is 17.7 Å². The molecule has 0 bridgehead atoms. The van der Waals surface area contributed by atoms with Gasteiger partial charge in [-0.1, -0.05) is 110 Å². The number of aliphatic hydroxyl groups excluding tert-OH is 2. The van der Waals surface area contributed by atoms with Crippen LogP contribution in [0, 0.1) is 0 Å². The van der Waals surface area contributed by atoms with Gasteiger partial charge in [-0.3, -0.25) is 9.59 Å². The number of ether oxygens (including phenoxy) is 3. The van der Waals surface area contributed by atoms with E-state index in [0.29, 0.717) is 37.7 Å². The number of ketones is 1. The SMILES string of the molecule is CCCCCCCCCCCC[C@H](O)[C@H]1CC[C@@H]([C@H](C[C@H](O)CCCCCCCCCC(=O)CCC2=C[C@@H](C)OC2=O)OC(C)=O)O1. The molecule has 0 aromatic carbocycles. The lowest BCUT2D eigenvalue weighted by atomic mass is 9.98. The second-order valence-corrected chi connectivity index (χ2v) is 14.2. The molecule has 1 fully saturated rings. The molecule has 0 amide bonds. The lowest BCUT2D eigenvalue weighted by molar-refractivity contribution is -0.159. The van der Waals surface area contributed by atoms with Crippen LogP contribution in [0.2, 0.25) is 0 Å². The molecule has 0 spiro atoms. The van der Waals surface area contributed by atoms with Crippen LogP contribution in [0.25, 0.3) is 0 Å². The Labute approximate surface area is 285 Å². The second kappa shape index (κ2) is 25.2. The average Bonchev–Trinajstić information content (AvgIpc) is 3.65. The van der Waals surface area contributed by atoms with E-state index in [0.717, 1.165) is 77.0 Å². The maximum Gasteiger partial charge on any atom is 0.334 e. The van der Waals surface area contributed by atoms with Crippen LogP contribution in [0.1, 0.15) is 181 Å². The van der Waals surface area contributed by atoms with Gasteiger partial charge in [0, 0.05) is 31.8 Å². The summed E-state index contributed by atoms with van der Waals surface area (Å²) in [4.78, 5) is 35.6. The third-order valence-corrected chi connectivity index (χ3v) is 9.76. The molecule has 0 aliphatic carbocycles. The van der Waals surface area contributed by atoms with E-state index < -0.39 is 18.3 Å². The lowest BCUT2D eigenvalue weighted by Gasteiger charge is -2.27. The zero-order chi connectivity index (χ0) is 34.3. The van der Waals surface area contributed by atoms with E-state index in [9.17, 15) is 24.6 Å². The molecule has 0 unspecified atom stereocenters. The van der Waals surface area contributed by atoms with Gasteiger partial charge in [0.2, 0.25) is 0 Å². The summed E-state index contributed by atoms with van der Waals surface area (Å²) >= 11 is 0. The molecule has 1 saturated heterocycles. The largest absolute Gasteiger partial charge is 0.460 e. The Bertz CT molecular complexity index is 901. The first-order valence-corrected chi connectivity index (χ1v) is 19.3. The molecule has 2 N–H and O–H groups in total. The number of carbonyl (C=O) groups is 3. The zero-order valence-electron chi connectivity index (χ0n) is 30.1. The number of aliphatic hydroxyl groups is 2. The van der Waals surface area contributed by atoms with Crippen molar-refractivity contribution in [3.05, 3.63) is 11.6 Å². The molecule has 2 rings (SSSR count). The van der Waals surface area contributed by atoms with Crippen LogP contribution in [-0.4, -0.2) is 64.6 Å². The van der Waals surface area contributed by atoms with Crippen molar-refractivity contribution in [2.75, 3.05) is 0 Å². The summed E-state index contributed by atoms with van der Waals surface area (Å²) in [6.45, 7) is 5.47. The number of unbranched alkanes of at least 4 members (excludes halogenated alkanes) is 15. The van der Waals surface area contributed by atoms with Gasteiger partial charge in [0.15, 0.2) is 0 Å². The fourth-order valence-electron chi connectivity index (χ4n) is 6.95. The predicted molar refractivity (Wildman–Crippen MR) is 186 cm³/mol. The smallest absolute Gasteiger partial charge is 0.334 e. The molecule has 0 radical (unpaired) electrons. The average molecular weight is 665 g/mol. The van der Waals surface area contributed by atoms with E-state index in [2.05, 4.69) is 6.92 Å². The lowest BCUT2D eigenvalue weighted by Crippen LogP contribution is -2.36. The maximum atomic E-state index is 12.1. The Balaban J connectivity index is 1.51. The summed E-state index contributed by atoms with van der Waals surface area (Å²) in [5.41, 5.74) is 0.628. The first kappa shape index (κ1) is 41.4. The fraction of sp³-hybridized carbons (Fsp3) is 0.872. The molecular formula is C39H68O8. The van der Waals surface area contributed by atoms with E-state index in [-0.39, 0.29) is 36.0 Å². The molecule has 0 aromatic heterocycles. The Kier molecular flexibility index (Phi) is 22.2. The van der Waals surface area contributed by atoms with Gasteiger partial charge in [-0.15, -0.1) is 0 Å². The minimum atomic E-state index is -0.561. The molecule has 2 aliphatic rings. The van der Waals surface area contributed by atoms with Gasteiger partial charge in [-0.25, -0.2) is 4.79 Å². The third kappa shape index (κ3) is 19.1. The van der Waals surface area contributed by atoms with Crippen LogP contribution in [0.5, 0.6) is 0 Å². The van der Waals surface area contributed by atoms with Crippen LogP contribution < -0.4 is 0 Å². The highest BCUT2D eigenvalue weighted by molar-refractivity contribution is 5.91. The number of hydrogen-bond donors (Lipinski definition) is 2. The Morgan fingerprint density at radius 3 is 1.94 bits per heavy atom. The highest BCUT2D eigenvalue weighted by Crippen LogP contribution is 2.30. The van der Waals surface area contributed by atoms with E-state index >= 15 is 0 Å². The summed E-state index contributed by atoms with van der Waals surface area (Å²) in [5.74, 6) is -0.449. The summed E-state index contributed by atoms with van der Waals surface area (Å²) < 4.78 is 16.9. The summed E-state index contributed by atoms with van der Waals surface area (Å²) in [5, 5.41) is 21.5. The van der Waals surface area contributed by atoms with Crippen LogP contribution in [0.15, 0.2) is 11.6 Å². The van der Waals surface area contributed by atoms with Crippen molar-refractivity contribution in [3.63, 3.8) is 0 Å². The van der Waals surface area contributed by atoms with E-state index in [1.165, 1.54) is 58.3 Å². The van der Waals surface area contributed by atoms with Crippen LogP contribution in [-0.2, 0) is 28.6 Å². The summed E-state index contributed by atoms with van der Waals surface area (Å²) in [7, 11) is 0. The van der Waals surface area contributed by atoms with Gasteiger partial charge in [-0.05, 0) is 51.5 Å². The monoisotopic (exact) mass is 664 g/mol. The molecule has 8 nitrogen and oxygen atoms in total. The van der Waals surface area contributed by atoms with Crippen molar-refractivity contribution < 1.29 is 38.8 Å². The van der Waals surface area contributed by atoms with Gasteiger partial charge in [0.05, 0.1) is 24.4 Å². The minimum absolute atomic E-state index is 0.183. The molecule has 8 heteroatoms. The molecule has 6 atom stereocenters. The number of cyclic esters (lactones) is 1. The molecular weight excluding hydrogens is 596 g/mol. The minimum Gasteiger partial charge on any atom is -0.460 e. The van der Waals surface area contributed by atoms with Gasteiger partial charge in [0.25, 0.3) is 0 Å². The van der Waals surface area contributed by atoms with Crippen molar-refractivity contribution in [1.82, 2.24) is 0 Å². The van der Waals surface area contributed by atoms with E-state index in [4.69, 9.17) is 14.2 Å². The van der Waals surface area contributed by atoms with E-state index in [1.807, 2.05) is 6.92 Å². The number of hydrogen-bond acceptors (Lipinski definition) is 8. The van der Waals surface area contributed by atoms with Crippen LogP contribution in [0.4, 0.5) is 0 Å². The van der Waals surface area contributed by atoms with Gasteiger partial charge >= 0.3 is 11.9 Å². The Morgan fingerprint density at radius 2 is 1.36 bits per heavy atom. The Hall–Kier alpha value is -1.77. The number of carbonyl (C=O) groups excluding carboxylic acids is 3. The fourth-order valence-corrected chi connectivity index (χ4v) is 6.95. The van der Waals surface area contributed by atoms with Crippen LogP contribution in [0.3, 0.4) is 0 Å². The summed E-state index contributed by atoms with van der Waals surface area (Å²) in [6, 6.07) is 0. The van der Waals surface area contributed by atoms with Crippen molar-refractivity contribution in [2.45, 2.75) is 218 Å².